The summed E-state index contributed by atoms with van der Waals surface area (Å²) >= 11 is 0. The van der Waals surface area contributed by atoms with E-state index < -0.39 is 17.7 Å². The zero-order valence-corrected chi connectivity index (χ0v) is 19.6. The molecule has 0 spiro atoms. The average Bonchev–Trinajstić information content (AvgIpc) is 3.17. The molecule has 0 unspecified atom stereocenters. The van der Waals surface area contributed by atoms with Gasteiger partial charge in [0, 0.05) is 23.4 Å². The van der Waals surface area contributed by atoms with Crippen LogP contribution in [-0.2, 0) is 29.2 Å². The van der Waals surface area contributed by atoms with Crippen molar-refractivity contribution in [2.24, 2.45) is 0 Å². The molecule has 0 saturated heterocycles. The van der Waals surface area contributed by atoms with E-state index >= 15 is 0 Å². The smallest absolute Gasteiger partial charge is 0.417 e. The second kappa shape index (κ2) is 9.87. The molecule has 0 aliphatic heterocycles. The van der Waals surface area contributed by atoms with Crippen molar-refractivity contribution >= 4 is 5.97 Å². The molecule has 182 valence electrons. The van der Waals surface area contributed by atoms with E-state index in [2.05, 4.69) is 10.1 Å². The number of halogens is 3. The highest BCUT2D eigenvalue weighted by atomic mass is 19.4. The van der Waals surface area contributed by atoms with Crippen LogP contribution in [0.15, 0.2) is 42.7 Å². The summed E-state index contributed by atoms with van der Waals surface area (Å²) in [5, 5.41) is 13.7. The summed E-state index contributed by atoms with van der Waals surface area (Å²) in [5.74, 6) is -0.0284. The molecule has 1 aromatic carbocycles. The van der Waals surface area contributed by atoms with Gasteiger partial charge in [-0.05, 0) is 43.0 Å². The van der Waals surface area contributed by atoms with Crippen molar-refractivity contribution < 1.29 is 27.8 Å². The minimum Gasteiger partial charge on any atom is -0.493 e. The van der Waals surface area contributed by atoms with Crippen LogP contribution < -0.4 is 4.74 Å². The number of benzene rings is 1. The van der Waals surface area contributed by atoms with Crippen molar-refractivity contribution in [1.82, 2.24) is 14.8 Å². The zero-order chi connectivity index (χ0) is 25.1. The first-order valence-electron chi connectivity index (χ1n) is 10.9. The van der Waals surface area contributed by atoms with Crippen molar-refractivity contribution in [3.8, 4) is 11.6 Å². The second-order valence-corrected chi connectivity index (χ2v) is 9.19. The Balaban J connectivity index is 1.74. The number of carboxylic acids is 1. The van der Waals surface area contributed by atoms with Crippen molar-refractivity contribution in [2.75, 3.05) is 6.61 Å². The Morgan fingerprint density at radius 1 is 1.12 bits per heavy atom. The van der Waals surface area contributed by atoms with Gasteiger partial charge in [-0.2, -0.15) is 18.3 Å². The lowest BCUT2D eigenvalue weighted by molar-refractivity contribution is -0.138. The van der Waals surface area contributed by atoms with E-state index in [4.69, 9.17) is 9.84 Å². The summed E-state index contributed by atoms with van der Waals surface area (Å²) in [7, 11) is 0. The molecule has 3 rings (SSSR count). The van der Waals surface area contributed by atoms with Gasteiger partial charge in [0.1, 0.15) is 5.75 Å². The fourth-order valence-electron chi connectivity index (χ4n) is 3.69. The van der Waals surface area contributed by atoms with Gasteiger partial charge in [0.15, 0.2) is 5.82 Å². The lowest BCUT2D eigenvalue weighted by atomic mass is 9.88. The Bertz CT molecular complexity index is 1150. The van der Waals surface area contributed by atoms with Crippen LogP contribution in [-0.4, -0.2) is 32.4 Å². The van der Waals surface area contributed by atoms with Crippen LogP contribution in [0.3, 0.4) is 0 Å². The molecule has 0 bridgehead atoms. The number of aromatic nitrogens is 3. The molecule has 0 aliphatic rings. The van der Waals surface area contributed by atoms with Crippen molar-refractivity contribution in [2.45, 2.75) is 58.5 Å². The maximum absolute atomic E-state index is 12.9. The minimum atomic E-state index is -4.45. The van der Waals surface area contributed by atoms with Gasteiger partial charge in [-0.15, -0.1) is 0 Å². The molecule has 0 radical (unpaired) electrons. The molecule has 0 saturated carbocycles. The first-order valence-corrected chi connectivity index (χ1v) is 10.9. The number of carbonyl (C=O) groups is 1. The van der Waals surface area contributed by atoms with Gasteiger partial charge in [-0.3, -0.25) is 4.79 Å². The van der Waals surface area contributed by atoms with Gasteiger partial charge in [-0.25, -0.2) is 9.67 Å². The number of alkyl halides is 3. The van der Waals surface area contributed by atoms with Gasteiger partial charge in [0.2, 0.25) is 0 Å². The van der Waals surface area contributed by atoms with Crippen LogP contribution in [0.2, 0.25) is 0 Å². The topological polar surface area (TPSA) is 77.2 Å². The number of ether oxygens (including phenoxy) is 1. The number of rotatable bonds is 8. The number of hydrogen-bond donors (Lipinski definition) is 1. The Labute approximate surface area is 196 Å². The summed E-state index contributed by atoms with van der Waals surface area (Å²) in [4.78, 5) is 15.1. The van der Waals surface area contributed by atoms with Gasteiger partial charge in [0.25, 0.3) is 0 Å². The number of aliphatic carboxylic acids is 1. The Hall–Kier alpha value is -3.36. The largest absolute Gasteiger partial charge is 0.493 e. The molecule has 34 heavy (non-hydrogen) atoms. The summed E-state index contributed by atoms with van der Waals surface area (Å²) in [6.07, 6.45) is -0.682. The highest BCUT2D eigenvalue weighted by molar-refractivity contribution is 5.71. The average molecular weight is 476 g/mol. The first-order chi connectivity index (χ1) is 15.9. The normalized spacial score (nSPS) is 12.1. The van der Waals surface area contributed by atoms with Gasteiger partial charge >= 0.3 is 12.1 Å². The third-order valence-electron chi connectivity index (χ3n) is 5.28. The molecule has 0 amide bonds. The second-order valence-electron chi connectivity index (χ2n) is 9.19. The van der Waals surface area contributed by atoms with Crippen molar-refractivity contribution in [3.63, 3.8) is 0 Å². The van der Waals surface area contributed by atoms with Crippen LogP contribution in [0.1, 0.15) is 55.1 Å². The van der Waals surface area contributed by atoms with E-state index in [0.29, 0.717) is 36.6 Å². The monoisotopic (exact) mass is 475 g/mol. The maximum atomic E-state index is 12.9. The summed E-state index contributed by atoms with van der Waals surface area (Å²) in [5.41, 5.74) is 2.19. The van der Waals surface area contributed by atoms with Crippen molar-refractivity contribution in [3.05, 3.63) is 70.7 Å². The zero-order valence-electron chi connectivity index (χ0n) is 19.6. The molecule has 2 aromatic heterocycles. The first kappa shape index (κ1) is 25.3. The SMILES string of the molecule is Cc1cccc(CC(=O)O)c1OCCCc1cn(-c2ccc(C(F)(F)F)cn2)nc1C(C)(C)C. The molecule has 6 nitrogen and oxygen atoms in total. The molecule has 9 heteroatoms. The third kappa shape index (κ3) is 6.15. The Morgan fingerprint density at radius 2 is 1.85 bits per heavy atom. The standard InChI is InChI=1S/C25H28F3N3O3/c1-16-7-5-8-17(13-21(32)33)22(16)34-12-6-9-18-15-31(30-23(18)24(2,3)4)20-11-10-19(14-29-20)25(26,27)28/h5,7-8,10-11,14-15H,6,9,12-13H2,1-4H3,(H,32,33). The van der Waals surface area contributed by atoms with E-state index in [-0.39, 0.29) is 11.8 Å². The van der Waals surface area contributed by atoms with Crippen LogP contribution in [0, 0.1) is 6.92 Å². The number of pyridine rings is 1. The van der Waals surface area contributed by atoms with E-state index in [1.807, 2.05) is 33.8 Å². The fraction of sp³-hybridized carbons (Fsp3) is 0.400. The van der Waals surface area contributed by atoms with E-state index in [9.17, 15) is 18.0 Å². The van der Waals surface area contributed by atoms with Crippen molar-refractivity contribution in [1.29, 1.82) is 0 Å². The highest BCUT2D eigenvalue weighted by Crippen LogP contribution is 2.30. The lowest BCUT2D eigenvalue weighted by Crippen LogP contribution is -2.15. The molecular weight excluding hydrogens is 447 g/mol. The maximum Gasteiger partial charge on any atom is 0.417 e. The molecule has 3 aromatic rings. The summed E-state index contributed by atoms with van der Waals surface area (Å²) < 4.78 is 46.0. The van der Waals surface area contributed by atoms with Crippen LogP contribution in [0.5, 0.6) is 5.75 Å². The number of carboxylic acid groups (broad SMARTS) is 1. The van der Waals surface area contributed by atoms with Gasteiger partial charge < -0.3 is 9.84 Å². The van der Waals surface area contributed by atoms with Crippen LogP contribution in [0.25, 0.3) is 5.82 Å². The summed E-state index contributed by atoms with van der Waals surface area (Å²) in [6.45, 7) is 8.31. The third-order valence-corrected chi connectivity index (χ3v) is 5.28. The predicted molar refractivity (Wildman–Crippen MR) is 121 cm³/mol. The molecule has 1 N–H and O–H groups in total. The summed E-state index contributed by atoms with van der Waals surface area (Å²) in [6, 6.07) is 7.72. The minimum absolute atomic E-state index is 0.113. The fourth-order valence-corrected chi connectivity index (χ4v) is 3.69. The van der Waals surface area contributed by atoms with E-state index in [1.54, 1.807) is 18.3 Å². The Morgan fingerprint density at radius 3 is 2.44 bits per heavy atom. The van der Waals surface area contributed by atoms with E-state index in [1.165, 1.54) is 10.7 Å². The van der Waals surface area contributed by atoms with E-state index in [0.717, 1.165) is 29.1 Å². The lowest BCUT2D eigenvalue weighted by Gasteiger charge is -2.18. The van der Waals surface area contributed by atoms with Crippen LogP contribution >= 0.6 is 0 Å². The quantitative estimate of drug-likeness (QED) is 0.434. The Kier molecular flexibility index (Phi) is 7.33. The predicted octanol–water partition coefficient (Wildman–Crippen LogP) is 5.53. The van der Waals surface area contributed by atoms with Crippen LogP contribution in [0.4, 0.5) is 13.2 Å². The molecule has 0 atom stereocenters. The number of nitrogens with zero attached hydrogens (tertiary/aromatic N) is 3. The molecule has 0 aliphatic carbocycles. The van der Waals surface area contributed by atoms with Gasteiger partial charge in [-0.1, -0.05) is 39.0 Å². The number of hydrogen-bond acceptors (Lipinski definition) is 4. The molecule has 2 heterocycles. The molecule has 0 fully saturated rings. The van der Waals surface area contributed by atoms with Gasteiger partial charge in [0.05, 0.1) is 24.3 Å². The number of para-hydroxylation sites is 1. The number of aryl methyl sites for hydroxylation is 2. The molecular formula is C25H28F3N3O3. The highest BCUT2D eigenvalue weighted by Gasteiger charge is 2.31.